The molecule has 1 saturated heterocycles. The molecule has 0 bridgehead atoms. The van der Waals surface area contributed by atoms with Gasteiger partial charge in [-0.1, -0.05) is 6.07 Å². The van der Waals surface area contributed by atoms with Gasteiger partial charge in [-0.25, -0.2) is 17.2 Å². The number of nitrogens with two attached hydrogens (primary N) is 1. The van der Waals surface area contributed by atoms with Crippen LogP contribution in [0.15, 0.2) is 23.1 Å². The number of nitrogens with zero attached hydrogens (tertiary/aromatic N) is 1. The Balaban J connectivity index is 2.49. The molecule has 0 radical (unpaired) electrons. The van der Waals surface area contributed by atoms with Gasteiger partial charge in [0.25, 0.3) is 0 Å². The molecule has 0 amide bonds. The SMILES string of the molecule is NCC1CCCN1S(=O)(=O)c1c(F)cccc1F. The van der Waals surface area contributed by atoms with Gasteiger partial charge >= 0.3 is 0 Å². The van der Waals surface area contributed by atoms with Crippen LogP contribution in [0.4, 0.5) is 8.78 Å². The van der Waals surface area contributed by atoms with E-state index in [1.807, 2.05) is 0 Å². The van der Waals surface area contributed by atoms with Crippen LogP contribution >= 0.6 is 0 Å². The van der Waals surface area contributed by atoms with Crippen LogP contribution in [0, 0.1) is 11.6 Å². The van der Waals surface area contributed by atoms with E-state index in [1.54, 1.807) is 0 Å². The quantitative estimate of drug-likeness (QED) is 0.898. The van der Waals surface area contributed by atoms with E-state index in [4.69, 9.17) is 5.73 Å². The van der Waals surface area contributed by atoms with E-state index in [0.717, 1.165) is 22.5 Å². The minimum Gasteiger partial charge on any atom is -0.329 e. The Morgan fingerprint density at radius 3 is 2.50 bits per heavy atom. The molecule has 1 aliphatic heterocycles. The molecule has 1 heterocycles. The van der Waals surface area contributed by atoms with Gasteiger partial charge in [-0.15, -0.1) is 0 Å². The molecule has 4 nitrogen and oxygen atoms in total. The van der Waals surface area contributed by atoms with Crippen LogP contribution in [-0.4, -0.2) is 31.9 Å². The van der Waals surface area contributed by atoms with Crippen molar-refractivity contribution in [2.75, 3.05) is 13.1 Å². The monoisotopic (exact) mass is 276 g/mol. The molecular formula is C11H14F2N2O2S. The lowest BCUT2D eigenvalue weighted by Gasteiger charge is -2.23. The maximum atomic E-state index is 13.6. The van der Waals surface area contributed by atoms with Crippen LogP contribution in [-0.2, 0) is 10.0 Å². The fourth-order valence-electron chi connectivity index (χ4n) is 2.21. The first kappa shape index (κ1) is 13.4. The average Bonchev–Trinajstić information content (AvgIpc) is 2.77. The number of hydrogen-bond acceptors (Lipinski definition) is 3. The summed E-state index contributed by atoms with van der Waals surface area (Å²) in [5.74, 6) is -2.14. The van der Waals surface area contributed by atoms with Gasteiger partial charge in [-0.2, -0.15) is 4.31 Å². The Bertz CT molecular complexity index is 528. The van der Waals surface area contributed by atoms with Gasteiger partial charge < -0.3 is 5.73 Å². The maximum Gasteiger partial charge on any atom is 0.249 e. The molecule has 0 aliphatic carbocycles. The molecule has 7 heteroatoms. The lowest BCUT2D eigenvalue weighted by Crippen LogP contribution is -2.40. The first-order chi connectivity index (χ1) is 8.48. The lowest BCUT2D eigenvalue weighted by atomic mass is 10.2. The van der Waals surface area contributed by atoms with Gasteiger partial charge in [0.15, 0.2) is 4.90 Å². The molecule has 0 spiro atoms. The van der Waals surface area contributed by atoms with Crippen molar-refractivity contribution >= 4 is 10.0 Å². The Hall–Kier alpha value is -1.05. The highest BCUT2D eigenvalue weighted by Gasteiger charge is 2.37. The Morgan fingerprint density at radius 1 is 1.33 bits per heavy atom. The second-order valence-electron chi connectivity index (χ2n) is 4.20. The summed E-state index contributed by atoms with van der Waals surface area (Å²) in [4.78, 5) is -0.884. The zero-order chi connectivity index (χ0) is 13.3. The molecule has 18 heavy (non-hydrogen) atoms. The summed E-state index contributed by atoms with van der Waals surface area (Å²) in [5.41, 5.74) is 5.48. The summed E-state index contributed by atoms with van der Waals surface area (Å²) < 4.78 is 52.7. The van der Waals surface area contributed by atoms with Crippen molar-refractivity contribution in [3.63, 3.8) is 0 Å². The predicted molar refractivity (Wildman–Crippen MR) is 62.3 cm³/mol. The van der Waals surface area contributed by atoms with E-state index >= 15 is 0 Å². The summed E-state index contributed by atoms with van der Waals surface area (Å²) in [7, 11) is -4.16. The van der Waals surface area contributed by atoms with Crippen molar-refractivity contribution in [3.8, 4) is 0 Å². The van der Waals surface area contributed by atoms with Gasteiger partial charge in [0.05, 0.1) is 0 Å². The first-order valence-electron chi connectivity index (χ1n) is 5.64. The largest absolute Gasteiger partial charge is 0.329 e. The first-order valence-corrected chi connectivity index (χ1v) is 7.08. The van der Waals surface area contributed by atoms with E-state index in [2.05, 4.69) is 0 Å². The van der Waals surface area contributed by atoms with Crippen molar-refractivity contribution in [1.82, 2.24) is 4.31 Å². The van der Waals surface area contributed by atoms with Gasteiger partial charge in [-0.3, -0.25) is 0 Å². The maximum absolute atomic E-state index is 13.6. The minimum absolute atomic E-state index is 0.148. The van der Waals surface area contributed by atoms with Gasteiger partial charge in [0.1, 0.15) is 11.6 Å². The summed E-state index contributed by atoms with van der Waals surface area (Å²) in [6.45, 7) is 0.396. The smallest absolute Gasteiger partial charge is 0.249 e. The molecule has 0 aromatic heterocycles. The summed E-state index contributed by atoms with van der Waals surface area (Å²) >= 11 is 0. The number of hydrogen-bond donors (Lipinski definition) is 1. The topological polar surface area (TPSA) is 63.4 Å². The molecule has 1 fully saturated rings. The molecular weight excluding hydrogens is 262 g/mol. The predicted octanol–water partition coefficient (Wildman–Crippen LogP) is 1.08. The molecule has 0 saturated carbocycles. The fourth-order valence-corrected chi connectivity index (χ4v) is 4.02. The van der Waals surface area contributed by atoms with Crippen LogP contribution < -0.4 is 5.73 Å². The average molecular weight is 276 g/mol. The van der Waals surface area contributed by atoms with Crippen molar-refractivity contribution in [2.24, 2.45) is 5.73 Å². The Kier molecular flexibility index (Phi) is 3.65. The van der Waals surface area contributed by atoms with Crippen LogP contribution in [0.1, 0.15) is 12.8 Å². The van der Waals surface area contributed by atoms with Crippen molar-refractivity contribution in [1.29, 1.82) is 0 Å². The highest BCUT2D eigenvalue weighted by Crippen LogP contribution is 2.28. The summed E-state index contributed by atoms with van der Waals surface area (Å²) in [6, 6.07) is 2.62. The van der Waals surface area contributed by atoms with Crippen molar-refractivity contribution in [3.05, 3.63) is 29.8 Å². The number of rotatable bonds is 3. The van der Waals surface area contributed by atoms with E-state index in [9.17, 15) is 17.2 Å². The second kappa shape index (κ2) is 4.91. The number of halogens is 2. The highest BCUT2D eigenvalue weighted by molar-refractivity contribution is 7.89. The van der Waals surface area contributed by atoms with Gasteiger partial charge in [-0.05, 0) is 25.0 Å². The van der Waals surface area contributed by atoms with E-state index < -0.39 is 26.6 Å². The fraction of sp³-hybridized carbons (Fsp3) is 0.455. The van der Waals surface area contributed by atoms with Crippen molar-refractivity contribution in [2.45, 2.75) is 23.8 Å². The molecule has 1 aliphatic rings. The Labute approximate surface area is 104 Å². The summed E-state index contributed by atoms with van der Waals surface area (Å²) in [5, 5.41) is 0. The van der Waals surface area contributed by atoms with E-state index in [0.29, 0.717) is 12.8 Å². The molecule has 1 aromatic rings. The highest BCUT2D eigenvalue weighted by atomic mass is 32.2. The number of benzene rings is 1. The molecule has 1 unspecified atom stereocenters. The molecule has 1 aromatic carbocycles. The summed E-state index contributed by atoms with van der Waals surface area (Å²) in [6.07, 6.45) is 1.27. The van der Waals surface area contributed by atoms with Gasteiger partial charge in [0, 0.05) is 19.1 Å². The minimum atomic E-state index is -4.16. The molecule has 100 valence electrons. The van der Waals surface area contributed by atoms with E-state index in [1.165, 1.54) is 0 Å². The molecule has 2 rings (SSSR count). The van der Waals surface area contributed by atoms with Crippen LogP contribution in [0.3, 0.4) is 0 Å². The molecule has 2 N–H and O–H groups in total. The lowest BCUT2D eigenvalue weighted by molar-refractivity contribution is 0.386. The number of sulfonamides is 1. The third kappa shape index (κ3) is 2.13. The van der Waals surface area contributed by atoms with E-state index in [-0.39, 0.29) is 19.1 Å². The zero-order valence-corrected chi connectivity index (χ0v) is 10.5. The Morgan fingerprint density at radius 2 is 1.94 bits per heavy atom. The molecule has 1 atom stereocenters. The van der Waals surface area contributed by atoms with Gasteiger partial charge in [0.2, 0.25) is 10.0 Å². The standard InChI is InChI=1S/C11H14F2N2O2S/c12-9-4-1-5-10(13)11(9)18(16,17)15-6-2-3-8(15)7-14/h1,4-5,8H,2-3,6-7,14H2. The third-order valence-electron chi connectivity index (χ3n) is 3.08. The van der Waals surface area contributed by atoms with Crippen molar-refractivity contribution < 1.29 is 17.2 Å². The van der Waals surface area contributed by atoms with Crippen LogP contribution in [0.2, 0.25) is 0 Å². The van der Waals surface area contributed by atoms with Crippen LogP contribution in [0.5, 0.6) is 0 Å². The second-order valence-corrected chi connectivity index (χ2v) is 6.03. The normalized spacial score (nSPS) is 21.4. The van der Waals surface area contributed by atoms with Crippen LogP contribution in [0.25, 0.3) is 0 Å². The zero-order valence-electron chi connectivity index (χ0n) is 9.64. The third-order valence-corrected chi connectivity index (χ3v) is 5.08.